The normalized spacial score (nSPS) is 11.8. The summed E-state index contributed by atoms with van der Waals surface area (Å²) in [4.78, 5) is 23.1. The van der Waals surface area contributed by atoms with Gasteiger partial charge in [-0.3, -0.25) is 9.59 Å². The van der Waals surface area contributed by atoms with Gasteiger partial charge in [-0.1, -0.05) is 22.0 Å². The summed E-state index contributed by atoms with van der Waals surface area (Å²) in [5.74, 6) is -0.480. The van der Waals surface area contributed by atoms with Crippen LogP contribution in [0, 0.1) is 6.92 Å². The molecule has 1 aromatic carbocycles. The minimum Gasteiger partial charge on any atom is -0.357 e. The maximum atomic E-state index is 11.8. The van der Waals surface area contributed by atoms with Crippen molar-refractivity contribution in [3.8, 4) is 0 Å². The third-order valence-corrected chi connectivity index (χ3v) is 3.28. The largest absolute Gasteiger partial charge is 0.357 e. The van der Waals surface area contributed by atoms with E-state index in [2.05, 4.69) is 26.6 Å². The van der Waals surface area contributed by atoms with Crippen LogP contribution in [0.3, 0.4) is 0 Å². The van der Waals surface area contributed by atoms with Gasteiger partial charge >= 0.3 is 0 Å². The molecule has 0 saturated carbocycles. The minimum absolute atomic E-state index is 0.218. The third-order valence-electron chi connectivity index (χ3n) is 2.42. The van der Waals surface area contributed by atoms with Gasteiger partial charge in [0.05, 0.1) is 0 Å². The Balaban J connectivity index is 2.76. The second-order valence-electron chi connectivity index (χ2n) is 3.77. The van der Waals surface area contributed by atoms with Gasteiger partial charge in [0.2, 0.25) is 5.91 Å². The van der Waals surface area contributed by atoms with Crippen LogP contribution in [0.25, 0.3) is 0 Å². The van der Waals surface area contributed by atoms with Crippen LogP contribution in [-0.2, 0) is 4.79 Å². The van der Waals surface area contributed by atoms with Gasteiger partial charge in [-0.15, -0.1) is 0 Å². The summed E-state index contributed by atoms with van der Waals surface area (Å²) in [5.41, 5.74) is 1.58. The van der Waals surface area contributed by atoms with E-state index in [4.69, 9.17) is 0 Å². The average Bonchev–Trinajstić information content (AvgIpc) is 2.31. The molecule has 0 aliphatic rings. The maximum absolute atomic E-state index is 11.8. The van der Waals surface area contributed by atoms with Gasteiger partial charge in [-0.25, -0.2) is 0 Å². The molecule has 0 saturated heterocycles. The number of halogens is 1. The topological polar surface area (TPSA) is 58.2 Å². The van der Waals surface area contributed by atoms with E-state index in [1.54, 1.807) is 19.1 Å². The van der Waals surface area contributed by atoms with Gasteiger partial charge in [0.15, 0.2) is 0 Å². The van der Waals surface area contributed by atoms with Crippen LogP contribution < -0.4 is 10.6 Å². The van der Waals surface area contributed by atoms with Gasteiger partial charge in [-0.2, -0.15) is 0 Å². The lowest BCUT2D eigenvalue weighted by Crippen LogP contribution is -2.43. The van der Waals surface area contributed by atoms with Crippen LogP contribution in [0.2, 0.25) is 0 Å². The highest BCUT2D eigenvalue weighted by molar-refractivity contribution is 9.10. The molecular weight excluding hydrogens is 284 g/mol. The molecule has 0 aliphatic heterocycles. The second kappa shape index (κ2) is 5.82. The summed E-state index contributed by atoms with van der Waals surface area (Å²) in [6, 6.07) is 4.77. The Labute approximate surface area is 109 Å². The lowest BCUT2D eigenvalue weighted by molar-refractivity contribution is -0.122. The number of likely N-dealkylation sites (N-methyl/N-ethyl adjacent to an activating group) is 1. The Bertz CT molecular complexity index is 446. The number of aryl methyl sites for hydroxylation is 1. The fourth-order valence-electron chi connectivity index (χ4n) is 1.30. The van der Waals surface area contributed by atoms with E-state index >= 15 is 0 Å². The molecule has 1 unspecified atom stereocenters. The minimum atomic E-state index is -0.549. The van der Waals surface area contributed by atoms with Crippen LogP contribution in [-0.4, -0.2) is 24.9 Å². The Morgan fingerprint density at radius 2 is 2.00 bits per heavy atom. The molecule has 1 atom stereocenters. The lowest BCUT2D eigenvalue weighted by Gasteiger charge is -2.12. The van der Waals surface area contributed by atoms with Crippen molar-refractivity contribution in [3.05, 3.63) is 33.8 Å². The summed E-state index contributed by atoms with van der Waals surface area (Å²) in [6.45, 7) is 3.58. The zero-order valence-corrected chi connectivity index (χ0v) is 11.6. The van der Waals surface area contributed by atoms with Crippen LogP contribution in [0.1, 0.15) is 22.8 Å². The standard InChI is InChI=1S/C12H15BrN2O2/c1-7-4-5-9(6-10(7)13)12(17)15-8(2)11(16)14-3/h4-6,8H,1-3H3,(H,14,16)(H,15,17). The molecule has 92 valence electrons. The molecule has 0 heterocycles. The molecule has 0 fully saturated rings. The number of carbonyl (C=O) groups is 2. The first-order valence-corrected chi connectivity index (χ1v) is 6.03. The number of amides is 2. The number of rotatable bonds is 3. The predicted molar refractivity (Wildman–Crippen MR) is 69.9 cm³/mol. The van der Waals surface area contributed by atoms with Gasteiger partial charge in [-0.05, 0) is 31.5 Å². The van der Waals surface area contributed by atoms with Gasteiger partial charge in [0, 0.05) is 17.1 Å². The fourth-order valence-corrected chi connectivity index (χ4v) is 1.67. The molecule has 1 rings (SSSR count). The van der Waals surface area contributed by atoms with Crippen molar-refractivity contribution in [1.82, 2.24) is 10.6 Å². The Hall–Kier alpha value is -1.36. The van der Waals surface area contributed by atoms with Crippen LogP contribution >= 0.6 is 15.9 Å². The van der Waals surface area contributed by atoms with E-state index in [9.17, 15) is 9.59 Å². The Kier molecular flexibility index (Phi) is 4.69. The van der Waals surface area contributed by atoms with Crippen molar-refractivity contribution in [2.24, 2.45) is 0 Å². The Morgan fingerprint density at radius 1 is 1.35 bits per heavy atom. The van der Waals surface area contributed by atoms with E-state index in [1.807, 2.05) is 13.0 Å². The molecule has 2 amide bonds. The highest BCUT2D eigenvalue weighted by atomic mass is 79.9. The SMILES string of the molecule is CNC(=O)C(C)NC(=O)c1ccc(C)c(Br)c1. The van der Waals surface area contributed by atoms with Crippen molar-refractivity contribution in [3.63, 3.8) is 0 Å². The van der Waals surface area contributed by atoms with Crippen molar-refractivity contribution in [1.29, 1.82) is 0 Å². The first-order valence-electron chi connectivity index (χ1n) is 5.24. The second-order valence-corrected chi connectivity index (χ2v) is 4.63. The molecule has 0 aromatic heterocycles. The molecule has 0 spiro atoms. The first kappa shape index (κ1) is 13.7. The summed E-state index contributed by atoms with van der Waals surface area (Å²) in [5, 5.41) is 5.10. The molecule has 1 aromatic rings. The molecular formula is C12H15BrN2O2. The number of nitrogens with one attached hydrogen (secondary N) is 2. The molecule has 5 heteroatoms. The zero-order valence-electron chi connectivity index (χ0n) is 10.0. The average molecular weight is 299 g/mol. The summed E-state index contributed by atoms with van der Waals surface area (Å²) >= 11 is 3.36. The predicted octanol–water partition coefficient (Wildman–Crippen LogP) is 1.62. The molecule has 2 N–H and O–H groups in total. The molecule has 4 nitrogen and oxygen atoms in total. The van der Waals surface area contributed by atoms with Crippen LogP contribution in [0.15, 0.2) is 22.7 Å². The highest BCUT2D eigenvalue weighted by Crippen LogP contribution is 2.17. The molecule has 17 heavy (non-hydrogen) atoms. The molecule has 0 aliphatic carbocycles. The van der Waals surface area contributed by atoms with Crippen molar-refractivity contribution < 1.29 is 9.59 Å². The van der Waals surface area contributed by atoms with Gasteiger partial charge < -0.3 is 10.6 Å². The van der Waals surface area contributed by atoms with Gasteiger partial charge in [0.25, 0.3) is 5.91 Å². The number of hydrogen-bond acceptors (Lipinski definition) is 2. The smallest absolute Gasteiger partial charge is 0.251 e. The summed E-state index contributed by atoms with van der Waals surface area (Å²) in [7, 11) is 1.54. The monoisotopic (exact) mass is 298 g/mol. The number of benzene rings is 1. The van der Waals surface area contributed by atoms with Crippen LogP contribution in [0.5, 0.6) is 0 Å². The quantitative estimate of drug-likeness (QED) is 0.891. The Morgan fingerprint density at radius 3 is 2.53 bits per heavy atom. The number of hydrogen-bond donors (Lipinski definition) is 2. The fraction of sp³-hybridized carbons (Fsp3) is 0.333. The highest BCUT2D eigenvalue weighted by Gasteiger charge is 2.15. The maximum Gasteiger partial charge on any atom is 0.251 e. The van der Waals surface area contributed by atoms with E-state index < -0.39 is 6.04 Å². The van der Waals surface area contributed by atoms with E-state index in [0.717, 1.165) is 10.0 Å². The molecule has 0 bridgehead atoms. The summed E-state index contributed by atoms with van der Waals surface area (Å²) < 4.78 is 0.873. The lowest BCUT2D eigenvalue weighted by atomic mass is 10.1. The van der Waals surface area contributed by atoms with Gasteiger partial charge in [0.1, 0.15) is 6.04 Å². The third kappa shape index (κ3) is 3.56. The number of carbonyl (C=O) groups excluding carboxylic acids is 2. The van der Waals surface area contributed by atoms with E-state index in [-0.39, 0.29) is 11.8 Å². The van der Waals surface area contributed by atoms with Crippen LogP contribution in [0.4, 0.5) is 0 Å². The summed E-state index contributed by atoms with van der Waals surface area (Å²) in [6.07, 6.45) is 0. The van der Waals surface area contributed by atoms with Crippen molar-refractivity contribution >= 4 is 27.7 Å². The first-order chi connectivity index (χ1) is 7.95. The molecule has 0 radical (unpaired) electrons. The van der Waals surface area contributed by atoms with E-state index in [1.165, 1.54) is 7.05 Å². The zero-order chi connectivity index (χ0) is 13.0. The van der Waals surface area contributed by atoms with Crippen molar-refractivity contribution in [2.75, 3.05) is 7.05 Å². The van der Waals surface area contributed by atoms with Crippen molar-refractivity contribution in [2.45, 2.75) is 19.9 Å². The van der Waals surface area contributed by atoms with E-state index in [0.29, 0.717) is 5.56 Å².